The van der Waals surface area contributed by atoms with E-state index in [1.165, 1.54) is 0 Å². The Bertz CT molecular complexity index is 789. The first kappa shape index (κ1) is 11.0. The van der Waals surface area contributed by atoms with Gasteiger partial charge in [-0.3, -0.25) is 4.99 Å². The number of fused-ring (bicyclic) bond motifs is 3. The number of aliphatic imine (C=N–C) groups is 1. The monoisotopic (exact) mass is 261 g/mol. The zero-order chi connectivity index (χ0) is 13.4. The molecule has 1 aliphatic heterocycles. The molecule has 5 heteroatoms. The van der Waals surface area contributed by atoms with Crippen LogP contribution in [0.15, 0.2) is 59.6 Å². The molecule has 0 fully saturated rings. The van der Waals surface area contributed by atoms with E-state index in [0.717, 1.165) is 28.4 Å². The van der Waals surface area contributed by atoms with E-state index in [4.69, 9.17) is 4.99 Å². The Balaban J connectivity index is 1.98. The molecule has 0 unspecified atom stereocenters. The molecule has 0 N–H and O–H groups in total. The smallest absolute Gasteiger partial charge is 0.178 e. The molecule has 96 valence electrons. The van der Waals surface area contributed by atoms with Crippen molar-refractivity contribution in [1.29, 1.82) is 0 Å². The van der Waals surface area contributed by atoms with E-state index in [1.807, 2.05) is 36.4 Å². The first-order chi connectivity index (χ1) is 9.93. The molecule has 2 heterocycles. The summed E-state index contributed by atoms with van der Waals surface area (Å²) in [4.78, 5) is 4.70. The molecule has 0 amide bonds. The Morgan fingerprint density at radius 3 is 2.60 bits per heavy atom. The molecule has 1 aromatic heterocycles. The fourth-order valence-electron chi connectivity index (χ4n) is 2.43. The lowest BCUT2D eigenvalue weighted by atomic mass is 10.0. The molecule has 0 bridgehead atoms. The third kappa shape index (κ3) is 1.64. The van der Waals surface area contributed by atoms with Crippen LogP contribution < -0.4 is 0 Å². The average molecular weight is 261 g/mol. The molecule has 0 saturated carbocycles. The van der Waals surface area contributed by atoms with Crippen molar-refractivity contribution in [2.75, 3.05) is 0 Å². The topological polar surface area (TPSA) is 56.0 Å². The molecule has 1 aliphatic rings. The summed E-state index contributed by atoms with van der Waals surface area (Å²) in [6.07, 6.45) is 0. The predicted molar refractivity (Wildman–Crippen MR) is 74.9 cm³/mol. The van der Waals surface area contributed by atoms with Crippen LogP contribution in [-0.4, -0.2) is 25.9 Å². The lowest BCUT2D eigenvalue weighted by molar-refractivity contribution is 0.766. The van der Waals surface area contributed by atoms with Crippen molar-refractivity contribution < 1.29 is 0 Å². The van der Waals surface area contributed by atoms with E-state index in [0.29, 0.717) is 6.54 Å². The highest BCUT2D eigenvalue weighted by molar-refractivity contribution is 6.15. The third-order valence-corrected chi connectivity index (χ3v) is 3.35. The van der Waals surface area contributed by atoms with Crippen LogP contribution in [0.1, 0.15) is 17.0 Å². The lowest BCUT2D eigenvalue weighted by Gasteiger charge is -2.09. The minimum absolute atomic E-state index is 0.478. The van der Waals surface area contributed by atoms with Crippen LogP contribution >= 0.6 is 0 Å². The molecule has 0 atom stereocenters. The van der Waals surface area contributed by atoms with Crippen LogP contribution in [-0.2, 0) is 6.54 Å². The number of tetrazole rings is 1. The Morgan fingerprint density at radius 1 is 0.900 bits per heavy atom. The van der Waals surface area contributed by atoms with Crippen LogP contribution in [0.25, 0.3) is 5.69 Å². The highest BCUT2D eigenvalue weighted by Gasteiger charge is 2.19. The van der Waals surface area contributed by atoms with Gasteiger partial charge < -0.3 is 0 Å². The van der Waals surface area contributed by atoms with Gasteiger partial charge in [0.25, 0.3) is 0 Å². The van der Waals surface area contributed by atoms with Gasteiger partial charge >= 0.3 is 0 Å². The normalized spacial score (nSPS) is 13.1. The van der Waals surface area contributed by atoms with Crippen LogP contribution in [0.3, 0.4) is 0 Å². The van der Waals surface area contributed by atoms with Crippen LogP contribution in [0.5, 0.6) is 0 Å². The second-order valence-corrected chi connectivity index (χ2v) is 4.55. The van der Waals surface area contributed by atoms with Crippen LogP contribution in [0.2, 0.25) is 0 Å². The summed E-state index contributed by atoms with van der Waals surface area (Å²) in [5.41, 5.74) is 4.07. The van der Waals surface area contributed by atoms with E-state index < -0.39 is 0 Å². The van der Waals surface area contributed by atoms with Crippen molar-refractivity contribution in [2.24, 2.45) is 4.99 Å². The first-order valence-electron chi connectivity index (χ1n) is 6.40. The molecule has 4 rings (SSSR count). The summed E-state index contributed by atoms with van der Waals surface area (Å²) < 4.78 is 1.76. The molecule has 0 aliphatic carbocycles. The first-order valence-corrected chi connectivity index (χ1v) is 6.40. The maximum atomic E-state index is 4.70. The number of aromatic nitrogens is 4. The molecule has 0 radical (unpaired) electrons. The standard InChI is InChI=1S/C15H11N5/c1-2-6-11(7-3-1)15-12-8-4-5-9-13(12)20-14(10-16-15)17-18-19-20/h1-9H,10H2. The maximum absolute atomic E-state index is 4.70. The fraction of sp³-hybridized carbons (Fsp3) is 0.0667. The van der Waals surface area contributed by atoms with E-state index in [9.17, 15) is 0 Å². The van der Waals surface area contributed by atoms with Crippen molar-refractivity contribution in [2.45, 2.75) is 6.54 Å². The third-order valence-electron chi connectivity index (χ3n) is 3.35. The second kappa shape index (κ2) is 4.38. The minimum Gasteiger partial charge on any atom is -0.276 e. The summed E-state index contributed by atoms with van der Waals surface area (Å²) in [5.74, 6) is 0.753. The number of rotatable bonds is 1. The van der Waals surface area contributed by atoms with Gasteiger partial charge in [0, 0.05) is 11.1 Å². The minimum atomic E-state index is 0.478. The van der Waals surface area contributed by atoms with Gasteiger partial charge in [0.15, 0.2) is 5.82 Å². The van der Waals surface area contributed by atoms with Gasteiger partial charge in [-0.05, 0) is 16.5 Å². The van der Waals surface area contributed by atoms with Gasteiger partial charge in [0.1, 0.15) is 6.54 Å². The maximum Gasteiger partial charge on any atom is 0.178 e. The van der Waals surface area contributed by atoms with Crippen molar-refractivity contribution in [3.63, 3.8) is 0 Å². The predicted octanol–water partition coefficient (Wildman–Crippen LogP) is 2.01. The van der Waals surface area contributed by atoms with Gasteiger partial charge in [-0.25, -0.2) is 0 Å². The second-order valence-electron chi connectivity index (χ2n) is 4.55. The summed E-state index contributed by atoms with van der Waals surface area (Å²) in [6.45, 7) is 0.478. The number of para-hydroxylation sites is 1. The number of hydrogen-bond donors (Lipinski definition) is 0. The van der Waals surface area contributed by atoms with E-state index in [-0.39, 0.29) is 0 Å². The number of benzene rings is 2. The molecule has 3 aromatic rings. The highest BCUT2D eigenvalue weighted by atomic mass is 15.5. The molecule has 0 saturated heterocycles. The summed E-state index contributed by atoms with van der Waals surface area (Å²) in [7, 11) is 0. The van der Waals surface area contributed by atoms with Crippen molar-refractivity contribution in [3.05, 3.63) is 71.5 Å². The zero-order valence-corrected chi connectivity index (χ0v) is 10.6. The van der Waals surface area contributed by atoms with E-state index in [1.54, 1.807) is 4.68 Å². The molecular formula is C15H11N5. The quantitative estimate of drug-likeness (QED) is 0.673. The largest absolute Gasteiger partial charge is 0.276 e. The molecular weight excluding hydrogens is 250 g/mol. The fourth-order valence-corrected chi connectivity index (χ4v) is 2.43. The zero-order valence-electron chi connectivity index (χ0n) is 10.6. The Kier molecular flexibility index (Phi) is 2.42. The van der Waals surface area contributed by atoms with E-state index >= 15 is 0 Å². The summed E-state index contributed by atoms with van der Waals surface area (Å²) in [6, 6.07) is 18.2. The average Bonchev–Trinajstić information content (AvgIpc) is 2.92. The van der Waals surface area contributed by atoms with Gasteiger partial charge in [-0.1, -0.05) is 48.5 Å². The molecule has 20 heavy (non-hydrogen) atoms. The Labute approximate surface area is 115 Å². The molecule has 2 aromatic carbocycles. The Morgan fingerprint density at radius 2 is 1.70 bits per heavy atom. The van der Waals surface area contributed by atoms with Gasteiger partial charge in [-0.2, -0.15) is 4.68 Å². The van der Waals surface area contributed by atoms with Gasteiger partial charge in [-0.15, -0.1) is 5.10 Å². The van der Waals surface area contributed by atoms with Crippen molar-refractivity contribution in [1.82, 2.24) is 20.2 Å². The Hall–Kier alpha value is -2.82. The van der Waals surface area contributed by atoms with Crippen molar-refractivity contribution >= 4 is 5.71 Å². The lowest BCUT2D eigenvalue weighted by Crippen LogP contribution is -2.07. The molecule has 0 spiro atoms. The summed E-state index contributed by atoms with van der Waals surface area (Å²) in [5, 5.41) is 11.8. The van der Waals surface area contributed by atoms with Crippen LogP contribution in [0, 0.1) is 0 Å². The van der Waals surface area contributed by atoms with Gasteiger partial charge in [0.05, 0.1) is 11.4 Å². The molecule has 5 nitrogen and oxygen atoms in total. The van der Waals surface area contributed by atoms with Crippen LogP contribution in [0.4, 0.5) is 0 Å². The van der Waals surface area contributed by atoms with Crippen molar-refractivity contribution in [3.8, 4) is 5.69 Å². The van der Waals surface area contributed by atoms with E-state index in [2.05, 4.69) is 33.7 Å². The highest BCUT2D eigenvalue weighted by Crippen LogP contribution is 2.22. The summed E-state index contributed by atoms with van der Waals surface area (Å²) >= 11 is 0. The number of nitrogens with zero attached hydrogens (tertiary/aromatic N) is 5. The van der Waals surface area contributed by atoms with Gasteiger partial charge in [0.2, 0.25) is 0 Å². The SMILES string of the molecule is c1ccc(C2=NCc3nnnn3-c3ccccc32)cc1. The number of hydrogen-bond acceptors (Lipinski definition) is 4.